The Labute approximate surface area is 607 Å². The first kappa shape index (κ1) is 109. The summed E-state index contributed by atoms with van der Waals surface area (Å²) in [4.78, 5) is 110. The molecule has 0 radical (unpaired) electrons. The Morgan fingerprint density at radius 3 is 0.673 bits per heavy atom. The fourth-order valence-electron chi connectivity index (χ4n) is 6.38. The Balaban J connectivity index is -0.000000283. The van der Waals surface area contributed by atoms with Crippen molar-refractivity contribution in [1.29, 1.82) is 0 Å². The minimum absolute atomic E-state index is 0.00102. The molecule has 12 atom stereocenters. The summed E-state index contributed by atoms with van der Waals surface area (Å²) < 4.78 is 89.1. The van der Waals surface area contributed by atoms with Gasteiger partial charge in [-0.15, -0.1) is 0 Å². The highest BCUT2D eigenvalue weighted by Gasteiger charge is 2.22. The van der Waals surface area contributed by atoms with Gasteiger partial charge in [-0.05, 0) is 38.5 Å². The highest BCUT2D eigenvalue weighted by molar-refractivity contribution is 5.85. The molecule has 2 amide bonds. The number of carbonyl (C=O) groups excluding carboxylic acids is 8. The van der Waals surface area contributed by atoms with Crippen molar-refractivity contribution in [2.24, 2.45) is 0 Å². The molecule has 0 aliphatic rings. The van der Waals surface area contributed by atoms with E-state index in [1.807, 2.05) is 41.5 Å². The molecule has 12 N–H and O–H groups in total. The molecule has 0 aliphatic carbocycles. The molecule has 0 aromatic heterocycles. The molecule has 40 heteroatoms. The van der Waals surface area contributed by atoms with Crippen LogP contribution in [0.25, 0.3) is 0 Å². The van der Waals surface area contributed by atoms with Crippen LogP contribution >= 0.6 is 0 Å². The average Bonchev–Trinajstić information content (AvgIpc) is 1.10. The molecule has 104 heavy (non-hydrogen) atoms. The molecule has 0 fully saturated rings. The van der Waals surface area contributed by atoms with Crippen LogP contribution < -0.4 is 10.6 Å². The lowest BCUT2D eigenvalue weighted by atomic mass is 10.3. The van der Waals surface area contributed by atoms with E-state index in [1.54, 1.807) is 0 Å². The summed E-state index contributed by atoms with van der Waals surface area (Å²) in [6, 6.07) is 0. The van der Waals surface area contributed by atoms with Crippen molar-refractivity contribution in [3.8, 4) is 0 Å². The summed E-state index contributed by atoms with van der Waals surface area (Å²) in [5, 5.41) is 91.9. The van der Waals surface area contributed by atoms with Crippen LogP contribution in [-0.4, -0.2) is 334 Å². The van der Waals surface area contributed by atoms with Gasteiger partial charge < -0.3 is 147 Å². The minimum Gasteiger partial charge on any atom is -0.481 e. The quantitative estimate of drug-likeness (QED) is 0.0187. The number of aliphatic hydroxyl groups excluding tert-OH is 8. The van der Waals surface area contributed by atoms with Gasteiger partial charge in [0.1, 0.15) is 39.5 Å². The first-order valence-electron chi connectivity index (χ1n) is 33.2. The SMILES string of the molecule is CCC(CO)OC(CO)OC.CCC(CO)OC(CO)OC.CCC(CO)OC(COC(=O)CCC(=O)NCC(=O)OC)OC.CCC(CO)OC(COC(=O)CCC(=O)O)OC.CCC(COC(=O)CCC(=O)NCC(=O)OC)OC(CO)OC.CCC(COC(=O)CCC(=O)O)OC(CO)OC. The van der Waals surface area contributed by atoms with Gasteiger partial charge in [0, 0.05) is 55.5 Å². The summed E-state index contributed by atoms with van der Waals surface area (Å²) in [5.41, 5.74) is 0. The van der Waals surface area contributed by atoms with Crippen LogP contribution in [0.2, 0.25) is 0 Å². The summed E-state index contributed by atoms with van der Waals surface area (Å²) in [6.45, 7) is 9.01. The fourth-order valence-corrected chi connectivity index (χ4v) is 6.38. The third-order valence-electron chi connectivity index (χ3n) is 12.9. The predicted molar refractivity (Wildman–Crippen MR) is 359 cm³/mol. The number of carbonyl (C=O) groups is 10. The van der Waals surface area contributed by atoms with Gasteiger partial charge >= 0.3 is 47.8 Å². The number of esters is 6. The number of hydrogen-bond acceptors (Lipinski definition) is 36. The van der Waals surface area contributed by atoms with Crippen molar-refractivity contribution >= 4 is 59.6 Å². The van der Waals surface area contributed by atoms with Crippen LogP contribution in [0.5, 0.6) is 0 Å². The molecule has 616 valence electrons. The third-order valence-corrected chi connectivity index (χ3v) is 12.9. The van der Waals surface area contributed by atoms with E-state index in [0.29, 0.717) is 38.5 Å². The van der Waals surface area contributed by atoms with Crippen LogP contribution in [-0.2, 0) is 133 Å². The Hall–Kier alpha value is -6.10. The van der Waals surface area contributed by atoms with Crippen LogP contribution in [0, 0.1) is 0 Å². The van der Waals surface area contributed by atoms with Gasteiger partial charge in [0.2, 0.25) is 11.8 Å². The van der Waals surface area contributed by atoms with Crippen molar-refractivity contribution in [1.82, 2.24) is 10.6 Å². The Kier molecular flexibility index (Phi) is 80.1. The smallest absolute Gasteiger partial charge is 0.325 e. The van der Waals surface area contributed by atoms with E-state index in [-0.39, 0.29) is 162 Å². The molecular formula is C64H122N2O38. The van der Waals surface area contributed by atoms with Crippen molar-refractivity contribution in [3.05, 3.63) is 0 Å². The summed E-state index contributed by atoms with van der Waals surface area (Å²) in [7, 11) is 10.9. The number of carboxylic acid groups (broad SMARTS) is 2. The van der Waals surface area contributed by atoms with Gasteiger partial charge in [-0.3, -0.25) is 47.9 Å². The minimum atomic E-state index is -1.06. The maximum absolute atomic E-state index is 11.6. The maximum Gasteiger partial charge on any atom is 0.325 e. The predicted octanol–water partition coefficient (Wildman–Crippen LogP) is -1.50. The average molecular weight is 1530 g/mol. The Bertz CT molecular complexity index is 1940. The molecule has 0 aromatic carbocycles. The third kappa shape index (κ3) is 69.0. The van der Waals surface area contributed by atoms with E-state index in [2.05, 4.69) is 20.1 Å². The largest absolute Gasteiger partial charge is 0.481 e. The monoisotopic (exact) mass is 1530 g/mol. The van der Waals surface area contributed by atoms with Crippen molar-refractivity contribution in [2.75, 3.05) is 149 Å². The molecule has 12 unspecified atom stereocenters. The second-order valence-electron chi connectivity index (χ2n) is 20.7. The van der Waals surface area contributed by atoms with Crippen LogP contribution in [0.1, 0.15) is 131 Å². The molecule has 0 bridgehead atoms. The summed E-state index contributed by atoms with van der Waals surface area (Å²) in [6.07, 6.45) is -4.00. The standard InChI is InChI=1S/2C14H25NO8.2C11H20O7.2C7H16O4/c1-4-10(23-14(8-16)21-3)9-22-12(18)6-5-11(17)15-7-13(19)20-2;1-4-10(8-16)23-14(21-3)9-22-12(18)6-5-11(17)15-7-13(19)20-2;1-3-8(18-11(6-12)16-2)7-17-10(15)5-4-9(13)14;1-3-8(6-12)18-11(16-2)7-17-10(15)5-4-9(13)14;2*1-3-6(4-8)11-7(5-9)10-2/h2*10,14,16H,4-9H2,1-3H3,(H,15,17);2*8,11-12H,3-7H2,1-2H3,(H,13,14);2*6-9H,3-5H2,1-2H3. The number of amides is 2. The molecule has 0 rings (SSSR count). The van der Waals surface area contributed by atoms with Gasteiger partial charge in [0.25, 0.3) is 0 Å². The van der Waals surface area contributed by atoms with Gasteiger partial charge in [-0.1, -0.05) is 41.5 Å². The lowest BCUT2D eigenvalue weighted by Gasteiger charge is -2.21. The molecule has 0 saturated heterocycles. The normalized spacial score (nSPS) is 14.1. The number of aliphatic hydroxyl groups is 8. The van der Waals surface area contributed by atoms with Gasteiger partial charge in [-0.2, -0.15) is 0 Å². The lowest BCUT2D eigenvalue weighted by Crippen LogP contribution is -2.32. The number of methoxy groups -OCH3 is 8. The highest BCUT2D eigenvalue weighted by Crippen LogP contribution is 2.11. The van der Waals surface area contributed by atoms with E-state index >= 15 is 0 Å². The van der Waals surface area contributed by atoms with Gasteiger partial charge in [-0.25, -0.2) is 0 Å². The molecule has 0 spiro atoms. The molecule has 0 aliphatic heterocycles. The van der Waals surface area contributed by atoms with Gasteiger partial charge in [0.05, 0.1) is 142 Å². The number of nitrogens with one attached hydrogen (secondary N) is 2. The lowest BCUT2D eigenvalue weighted by molar-refractivity contribution is -0.195. The van der Waals surface area contributed by atoms with Crippen molar-refractivity contribution in [2.45, 2.75) is 206 Å². The second kappa shape index (κ2) is 76.5. The molecule has 0 saturated carbocycles. The maximum atomic E-state index is 11.6. The summed E-state index contributed by atoms with van der Waals surface area (Å²) >= 11 is 0. The zero-order valence-corrected chi connectivity index (χ0v) is 62.6. The molecular weight excluding hydrogens is 1400 g/mol. The van der Waals surface area contributed by atoms with Crippen LogP contribution in [0.3, 0.4) is 0 Å². The number of hydrogen-bond donors (Lipinski definition) is 12. The topological polar surface area (TPSA) is 563 Å². The van der Waals surface area contributed by atoms with Gasteiger partial charge in [0.15, 0.2) is 37.7 Å². The van der Waals surface area contributed by atoms with Crippen molar-refractivity contribution in [3.63, 3.8) is 0 Å². The van der Waals surface area contributed by atoms with E-state index in [9.17, 15) is 47.9 Å². The first-order valence-corrected chi connectivity index (χ1v) is 33.2. The highest BCUT2D eigenvalue weighted by atomic mass is 16.7. The fraction of sp³-hybridized carbons (Fsp3) is 0.844. The van der Waals surface area contributed by atoms with Crippen LogP contribution in [0.4, 0.5) is 0 Å². The van der Waals surface area contributed by atoms with E-state index < -0.39 is 116 Å². The first-order chi connectivity index (χ1) is 49.5. The number of carboxylic acids is 2. The van der Waals surface area contributed by atoms with Crippen molar-refractivity contribution < 1.29 is 184 Å². The second-order valence-corrected chi connectivity index (χ2v) is 20.7. The molecule has 0 aromatic rings. The number of rotatable bonds is 56. The van der Waals surface area contributed by atoms with E-state index in [1.165, 1.54) is 56.9 Å². The Morgan fingerprint density at radius 2 is 0.481 bits per heavy atom. The number of ether oxygens (including phenoxy) is 18. The molecule has 40 nitrogen and oxygen atoms in total. The van der Waals surface area contributed by atoms with E-state index in [0.717, 1.165) is 0 Å². The Morgan fingerprint density at radius 1 is 0.269 bits per heavy atom. The number of aliphatic carboxylic acids is 2. The van der Waals surface area contributed by atoms with Crippen LogP contribution in [0.15, 0.2) is 0 Å². The zero-order valence-electron chi connectivity index (χ0n) is 62.6. The van der Waals surface area contributed by atoms with E-state index in [4.69, 9.17) is 127 Å². The summed E-state index contributed by atoms with van der Waals surface area (Å²) in [5.74, 6) is -6.52. The molecule has 0 heterocycles. The zero-order chi connectivity index (χ0) is 80.6.